The van der Waals surface area contributed by atoms with E-state index >= 15 is 0 Å². The van der Waals surface area contributed by atoms with Crippen LogP contribution in [0.1, 0.15) is 37.3 Å². The molecule has 1 saturated carbocycles. The van der Waals surface area contributed by atoms with Crippen molar-refractivity contribution < 1.29 is 0 Å². The van der Waals surface area contributed by atoms with E-state index in [0.717, 1.165) is 42.4 Å². The van der Waals surface area contributed by atoms with E-state index in [2.05, 4.69) is 19.1 Å². The molecule has 0 aliphatic heterocycles. The molecule has 6 rings (SSSR count). The van der Waals surface area contributed by atoms with Gasteiger partial charge < -0.3 is 0 Å². The summed E-state index contributed by atoms with van der Waals surface area (Å²) in [6, 6.07) is 16.2. The van der Waals surface area contributed by atoms with Crippen molar-refractivity contribution in [3.8, 4) is 5.69 Å². The van der Waals surface area contributed by atoms with E-state index in [-0.39, 0.29) is 11.6 Å². The van der Waals surface area contributed by atoms with Gasteiger partial charge in [-0.2, -0.15) is 0 Å². The molecule has 0 unspecified atom stereocenters. The van der Waals surface area contributed by atoms with Crippen LogP contribution in [0.2, 0.25) is 0 Å². The van der Waals surface area contributed by atoms with E-state index in [1.54, 1.807) is 6.33 Å². The minimum absolute atomic E-state index is 0.0210. The molecule has 0 saturated heterocycles. The summed E-state index contributed by atoms with van der Waals surface area (Å²) in [5, 5.41) is 0.554. The van der Waals surface area contributed by atoms with E-state index in [4.69, 9.17) is 15.0 Å². The molecule has 1 fully saturated rings. The lowest BCUT2D eigenvalue weighted by atomic mass is 10.2. The fraction of sp³-hybridized carbons (Fsp3) is 0.250. The van der Waals surface area contributed by atoms with Crippen LogP contribution in [0.4, 0.5) is 0 Å². The van der Waals surface area contributed by atoms with Gasteiger partial charge in [-0.1, -0.05) is 42.7 Å². The molecule has 0 N–H and O–H groups in total. The number of fused-ring (bicyclic) bond motifs is 4. The average molecular weight is 395 g/mol. The first-order chi connectivity index (χ1) is 14.7. The van der Waals surface area contributed by atoms with Crippen LogP contribution in [0.25, 0.3) is 38.9 Å². The van der Waals surface area contributed by atoms with Gasteiger partial charge in [0.2, 0.25) is 0 Å². The molecule has 1 aliphatic carbocycles. The Hall–Kier alpha value is -3.54. The Bertz CT molecular complexity index is 1470. The van der Waals surface area contributed by atoms with Gasteiger partial charge in [0.25, 0.3) is 5.56 Å². The van der Waals surface area contributed by atoms with Crippen molar-refractivity contribution in [1.29, 1.82) is 0 Å². The molecule has 3 aromatic heterocycles. The van der Waals surface area contributed by atoms with E-state index in [0.29, 0.717) is 22.2 Å². The maximum Gasteiger partial charge on any atom is 0.265 e. The Balaban J connectivity index is 1.76. The van der Waals surface area contributed by atoms with Crippen LogP contribution in [0, 0.1) is 6.92 Å². The monoisotopic (exact) mass is 395 g/mol. The van der Waals surface area contributed by atoms with Gasteiger partial charge in [0.1, 0.15) is 17.2 Å². The van der Waals surface area contributed by atoms with Crippen LogP contribution < -0.4 is 5.56 Å². The summed E-state index contributed by atoms with van der Waals surface area (Å²) < 4.78 is 3.77. The average Bonchev–Trinajstić information content (AvgIpc) is 3.40. The molecular weight excluding hydrogens is 374 g/mol. The molecule has 0 spiro atoms. The highest BCUT2D eigenvalue weighted by molar-refractivity contribution is 6.05. The van der Waals surface area contributed by atoms with Crippen LogP contribution in [0.3, 0.4) is 0 Å². The van der Waals surface area contributed by atoms with Gasteiger partial charge in [0, 0.05) is 11.7 Å². The number of aryl methyl sites for hydroxylation is 1. The molecule has 2 aromatic carbocycles. The third kappa shape index (κ3) is 2.49. The molecule has 148 valence electrons. The smallest absolute Gasteiger partial charge is 0.265 e. The molecule has 6 heteroatoms. The lowest BCUT2D eigenvalue weighted by molar-refractivity contribution is 0.499. The van der Waals surface area contributed by atoms with Crippen molar-refractivity contribution in [3.63, 3.8) is 0 Å². The third-order valence-electron chi connectivity index (χ3n) is 6.20. The van der Waals surface area contributed by atoms with Gasteiger partial charge in [-0.05, 0) is 44.0 Å². The van der Waals surface area contributed by atoms with Crippen LogP contribution in [-0.2, 0) is 0 Å². The summed E-state index contributed by atoms with van der Waals surface area (Å²) in [6.45, 7) is 2.06. The van der Waals surface area contributed by atoms with Crippen molar-refractivity contribution >= 4 is 33.2 Å². The second kappa shape index (κ2) is 6.49. The number of para-hydroxylation sites is 2. The first-order valence-corrected chi connectivity index (χ1v) is 10.5. The van der Waals surface area contributed by atoms with Crippen molar-refractivity contribution in [3.05, 3.63) is 70.8 Å². The zero-order valence-electron chi connectivity index (χ0n) is 16.7. The largest absolute Gasteiger partial charge is 0.295 e. The Morgan fingerprint density at radius 3 is 2.33 bits per heavy atom. The van der Waals surface area contributed by atoms with Crippen molar-refractivity contribution in [2.24, 2.45) is 0 Å². The lowest BCUT2D eigenvalue weighted by Gasteiger charge is -2.13. The molecule has 5 aromatic rings. The maximum atomic E-state index is 13.6. The zero-order valence-corrected chi connectivity index (χ0v) is 16.7. The van der Waals surface area contributed by atoms with Gasteiger partial charge in [0.05, 0.1) is 11.0 Å². The second-order valence-corrected chi connectivity index (χ2v) is 8.15. The number of benzene rings is 2. The second-order valence-electron chi connectivity index (χ2n) is 8.15. The van der Waals surface area contributed by atoms with Gasteiger partial charge in [-0.15, -0.1) is 0 Å². The molecule has 0 bridgehead atoms. The van der Waals surface area contributed by atoms with Crippen LogP contribution in [0.15, 0.2) is 59.7 Å². The van der Waals surface area contributed by atoms with Crippen molar-refractivity contribution in [1.82, 2.24) is 24.1 Å². The minimum atomic E-state index is -0.0210. The molecule has 0 amide bonds. The summed E-state index contributed by atoms with van der Waals surface area (Å²) >= 11 is 0. The van der Waals surface area contributed by atoms with Crippen LogP contribution >= 0.6 is 0 Å². The molecule has 3 heterocycles. The Labute approximate surface area is 172 Å². The molecule has 6 nitrogen and oxygen atoms in total. The summed E-state index contributed by atoms with van der Waals surface area (Å²) in [4.78, 5) is 28.1. The first-order valence-electron chi connectivity index (χ1n) is 10.5. The highest BCUT2D eigenvalue weighted by Crippen LogP contribution is 2.31. The predicted octanol–water partition coefficient (Wildman–Crippen LogP) is 4.71. The maximum absolute atomic E-state index is 13.6. The van der Waals surface area contributed by atoms with Gasteiger partial charge in [-0.25, -0.2) is 15.0 Å². The fourth-order valence-corrected chi connectivity index (χ4v) is 4.63. The van der Waals surface area contributed by atoms with Crippen LogP contribution in [-0.4, -0.2) is 24.1 Å². The standard InChI is InChI=1S/C24H21N5O/c1-15-10-12-17(13-11-15)29-22-20(24(30)28(14-25-22)16-6-2-3-7-16)21-23(29)27-19-9-5-4-8-18(19)26-21/h4-5,8-14,16H,2-3,6-7H2,1H3. The lowest BCUT2D eigenvalue weighted by Crippen LogP contribution is -2.23. The summed E-state index contributed by atoms with van der Waals surface area (Å²) in [6.07, 6.45) is 6.08. The summed E-state index contributed by atoms with van der Waals surface area (Å²) in [5.74, 6) is 0. The van der Waals surface area contributed by atoms with Crippen molar-refractivity contribution in [2.75, 3.05) is 0 Å². The molecule has 0 radical (unpaired) electrons. The predicted molar refractivity (Wildman–Crippen MR) is 118 cm³/mol. The van der Waals surface area contributed by atoms with Gasteiger partial charge >= 0.3 is 0 Å². The molecule has 0 atom stereocenters. The highest BCUT2D eigenvalue weighted by Gasteiger charge is 2.24. The van der Waals surface area contributed by atoms with Gasteiger partial charge in [-0.3, -0.25) is 13.9 Å². The quantitative estimate of drug-likeness (QED) is 0.434. The summed E-state index contributed by atoms with van der Waals surface area (Å²) in [5.41, 5.74) is 5.57. The Morgan fingerprint density at radius 2 is 1.60 bits per heavy atom. The summed E-state index contributed by atoms with van der Waals surface area (Å²) in [7, 11) is 0. The molecular formula is C24H21N5O. The number of aromatic nitrogens is 5. The number of rotatable bonds is 2. The minimum Gasteiger partial charge on any atom is -0.295 e. The SMILES string of the molecule is Cc1ccc(-n2c3nc4ccccc4nc3c3c(=O)n(C4CCCC4)cnc32)cc1. The highest BCUT2D eigenvalue weighted by atomic mass is 16.1. The topological polar surface area (TPSA) is 65.6 Å². The Morgan fingerprint density at radius 1 is 0.900 bits per heavy atom. The van der Waals surface area contributed by atoms with E-state index in [1.165, 1.54) is 5.56 Å². The number of hydrogen-bond donors (Lipinski definition) is 0. The van der Waals surface area contributed by atoms with Crippen LogP contribution in [0.5, 0.6) is 0 Å². The van der Waals surface area contributed by atoms with Crippen molar-refractivity contribution in [2.45, 2.75) is 38.6 Å². The van der Waals surface area contributed by atoms with E-state index in [1.807, 2.05) is 45.5 Å². The normalized spacial score (nSPS) is 15.0. The fourth-order valence-electron chi connectivity index (χ4n) is 4.63. The molecule has 30 heavy (non-hydrogen) atoms. The number of hydrogen-bond acceptors (Lipinski definition) is 4. The first kappa shape index (κ1) is 17.3. The van der Waals surface area contributed by atoms with Gasteiger partial charge in [0.15, 0.2) is 11.3 Å². The Kier molecular flexibility index (Phi) is 3.75. The molecule has 1 aliphatic rings. The zero-order chi connectivity index (χ0) is 20.2. The van der Waals surface area contributed by atoms with E-state index < -0.39 is 0 Å². The number of nitrogens with zero attached hydrogens (tertiary/aromatic N) is 5. The third-order valence-corrected chi connectivity index (χ3v) is 6.20. The van der Waals surface area contributed by atoms with E-state index in [9.17, 15) is 4.79 Å².